The van der Waals surface area contributed by atoms with Crippen LogP contribution in [-0.4, -0.2) is 53.7 Å². The molecule has 2 fully saturated rings. The third kappa shape index (κ3) is 5.06. The molecule has 0 aromatic carbocycles. The molecule has 1 aliphatic heterocycles. The van der Waals surface area contributed by atoms with Crippen LogP contribution in [0.4, 0.5) is 0 Å². The van der Waals surface area contributed by atoms with Crippen molar-refractivity contribution in [3.63, 3.8) is 0 Å². The van der Waals surface area contributed by atoms with Crippen molar-refractivity contribution in [2.24, 2.45) is 0 Å². The maximum atomic E-state index is 8.78. The second-order valence-corrected chi connectivity index (χ2v) is 7.71. The Balaban J connectivity index is 1.50. The van der Waals surface area contributed by atoms with Gasteiger partial charge >= 0.3 is 0 Å². The number of aliphatic hydroxyl groups excluding tert-OH is 1. The van der Waals surface area contributed by atoms with Gasteiger partial charge in [0.15, 0.2) is 0 Å². The van der Waals surface area contributed by atoms with E-state index in [1.54, 1.807) is 11.3 Å². The average molecular weight is 333 g/mol. The van der Waals surface area contributed by atoms with Gasteiger partial charge in [-0.05, 0) is 38.4 Å². The van der Waals surface area contributed by atoms with E-state index in [4.69, 9.17) is 5.11 Å². The summed E-state index contributed by atoms with van der Waals surface area (Å²) in [6, 6.07) is 3.03. The predicted molar refractivity (Wildman–Crippen MR) is 96.6 cm³/mol. The number of aliphatic hydroxyl groups is 1. The normalized spacial score (nSPS) is 21.6. The summed E-state index contributed by atoms with van der Waals surface area (Å²) in [7, 11) is 0. The summed E-state index contributed by atoms with van der Waals surface area (Å²) in [5.41, 5.74) is 1.04. The predicted octanol–water partition coefficient (Wildman–Crippen LogP) is 2.93. The summed E-state index contributed by atoms with van der Waals surface area (Å²) >= 11 is 1.79. The third-order valence-electron chi connectivity index (χ3n) is 5.06. The van der Waals surface area contributed by atoms with Crippen LogP contribution in [0.1, 0.15) is 49.0 Å². The summed E-state index contributed by atoms with van der Waals surface area (Å²) in [5, 5.41) is 10.9. The molecule has 23 heavy (non-hydrogen) atoms. The molecule has 1 saturated heterocycles. The van der Waals surface area contributed by atoms with Gasteiger partial charge in [-0.25, -0.2) is 0 Å². The van der Waals surface area contributed by atoms with Crippen LogP contribution >= 0.6 is 11.3 Å². The fraction of sp³-hybridized carbons (Fsp3) is 0.684. The van der Waals surface area contributed by atoms with Gasteiger partial charge in [0, 0.05) is 41.5 Å². The second-order valence-electron chi connectivity index (χ2n) is 6.72. The number of hydrogen-bond acceptors (Lipinski definition) is 4. The van der Waals surface area contributed by atoms with Crippen LogP contribution in [0.3, 0.4) is 0 Å². The average Bonchev–Trinajstić information content (AvgIpc) is 2.90. The molecule has 126 valence electrons. The molecule has 1 aliphatic carbocycles. The molecule has 2 aliphatic rings. The molecule has 1 aromatic heterocycles. The molecule has 1 aromatic rings. The van der Waals surface area contributed by atoms with Gasteiger partial charge in [0.05, 0.1) is 0 Å². The monoisotopic (exact) mass is 332 g/mol. The van der Waals surface area contributed by atoms with Gasteiger partial charge in [-0.3, -0.25) is 9.80 Å². The van der Waals surface area contributed by atoms with Crippen LogP contribution < -0.4 is 0 Å². The minimum absolute atomic E-state index is 0.0612. The molecule has 1 saturated carbocycles. The SMILES string of the molecule is OCC#Cc1csc(CN2CCCN(C3CCCCC3)CC2)c1. The quantitative estimate of drug-likeness (QED) is 0.862. The highest BCUT2D eigenvalue weighted by atomic mass is 32.1. The summed E-state index contributed by atoms with van der Waals surface area (Å²) in [6.45, 7) is 5.88. The van der Waals surface area contributed by atoms with Gasteiger partial charge in [-0.1, -0.05) is 31.1 Å². The highest BCUT2D eigenvalue weighted by Gasteiger charge is 2.23. The van der Waals surface area contributed by atoms with Gasteiger partial charge in [0.25, 0.3) is 0 Å². The maximum Gasteiger partial charge on any atom is 0.104 e. The summed E-state index contributed by atoms with van der Waals surface area (Å²) in [4.78, 5) is 6.74. The molecule has 0 spiro atoms. The molecule has 1 N–H and O–H groups in total. The van der Waals surface area contributed by atoms with E-state index in [0.717, 1.165) is 18.2 Å². The van der Waals surface area contributed by atoms with Crippen molar-refractivity contribution in [3.05, 3.63) is 21.9 Å². The lowest BCUT2D eigenvalue weighted by atomic mass is 9.94. The minimum atomic E-state index is -0.0612. The maximum absolute atomic E-state index is 8.78. The van der Waals surface area contributed by atoms with E-state index in [9.17, 15) is 0 Å². The van der Waals surface area contributed by atoms with Crippen molar-refractivity contribution in [1.82, 2.24) is 9.80 Å². The van der Waals surface area contributed by atoms with E-state index >= 15 is 0 Å². The Labute approximate surface area is 144 Å². The van der Waals surface area contributed by atoms with E-state index in [2.05, 4.69) is 33.1 Å². The molecule has 0 bridgehead atoms. The van der Waals surface area contributed by atoms with Crippen molar-refractivity contribution in [3.8, 4) is 11.8 Å². The van der Waals surface area contributed by atoms with Crippen LogP contribution in [0.25, 0.3) is 0 Å². The van der Waals surface area contributed by atoms with Crippen molar-refractivity contribution >= 4 is 11.3 Å². The summed E-state index contributed by atoms with van der Waals surface area (Å²) in [5.74, 6) is 5.72. The number of nitrogens with zero attached hydrogens (tertiary/aromatic N) is 2. The highest BCUT2D eigenvalue weighted by Crippen LogP contribution is 2.24. The van der Waals surface area contributed by atoms with Crippen LogP contribution in [0.5, 0.6) is 0 Å². The van der Waals surface area contributed by atoms with Gasteiger partial charge < -0.3 is 5.11 Å². The lowest BCUT2D eigenvalue weighted by Crippen LogP contribution is -2.39. The molecule has 2 heterocycles. The highest BCUT2D eigenvalue weighted by molar-refractivity contribution is 7.10. The van der Waals surface area contributed by atoms with Gasteiger partial charge in [-0.2, -0.15) is 0 Å². The Hall–Kier alpha value is -0.860. The van der Waals surface area contributed by atoms with Crippen LogP contribution in [0.15, 0.2) is 11.4 Å². The molecule has 0 unspecified atom stereocenters. The molecule has 0 atom stereocenters. The van der Waals surface area contributed by atoms with Crippen molar-refractivity contribution < 1.29 is 5.11 Å². The van der Waals surface area contributed by atoms with Gasteiger partial charge in [-0.15, -0.1) is 11.3 Å². The molecule has 0 amide bonds. The molecule has 4 heteroatoms. The molecular weight excluding hydrogens is 304 g/mol. The molecule has 3 nitrogen and oxygen atoms in total. The lowest BCUT2D eigenvalue weighted by molar-refractivity contribution is 0.158. The Morgan fingerprint density at radius 3 is 2.78 bits per heavy atom. The third-order valence-corrected chi connectivity index (χ3v) is 5.98. The summed E-state index contributed by atoms with van der Waals surface area (Å²) in [6.07, 6.45) is 8.42. The van der Waals surface area contributed by atoms with Crippen molar-refractivity contribution in [2.45, 2.75) is 51.1 Å². The van der Waals surface area contributed by atoms with E-state index < -0.39 is 0 Å². The Bertz CT molecular complexity index is 539. The zero-order chi connectivity index (χ0) is 15.9. The van der Waals surface area contributed by atoms with E-state index in [0.29, 0.717) is 0 Å². The minimum Gasteiger partial charge on any atom is -0.384 e. The Morgan fingerprint density at radius 2 is 1.96 bits per heavy atom. The first-order valence-corrected chi connectivity index (χ1v) is 9.86. The molecular formula is C19H28N2OS. The van der Waals surface area contributed by atoms with E-state index in [1.165, 1.54) is 69.6 Å². The van der Waals surface area contributed by atoms with E-state index in [-0.39, 0.29) is 6.61 Å². The summed E-state index contributed by atoms with van der Waals surface area (Å²) < 4.78 is 0. The molecule has 0 radical (unpaired) electrons. The zero-order valence-corrected chi connectivity index (χ0v) is 14.8. The molecule has 3 rings (SSSR count). The standard InChI is InChI=1S/C19H28N2OS/c22-13-4-6-17-14-19(23-16-17)15-20-9-5-10-21(12-11-20)18-7-2-1-3-8-18/h14,16,18,22H,1-3,5,7-13,15H2. The Kier molecular flexibility index (Phi) is 6.53. The first-order valence-electron chi connectivity index (χ1n) is 8.99. The van der Waals surface area contributed by atoms with Crippen LogP contribution in [0, 0.1) is 11.8 Å². The largest absolute Gasteiger partial charge is 0.384 e. The lowest BCUT2D eigenvalue weighted by Gasteiger charge is -2.33. The van der Waals surface area contributed by atoms with Crippen molar-refractivity contribution in [2.75, 3.05) is 32.8 Å². The number of thiophene rings is 1. The number of hydrogen-bond donors (Lipinski definition) is 1. The zero-order valence-electron chi connectivity index (χ0n) is 14.0. The van der Waals surface area contributed by atoms with Crippen molar-refractivity contribution in [1.29, 1.82) is 0 Å². The van der Waals surface area contributed by atoms with Crippen LogP contribution in [0.2, 0.25) is 0 Å². The van der Waals surface area contributed by atoms with Gasteiger partial charge in [0.1, 0.15) is 6.61 Å². The topological polar surface area (TPSA) is 26.7 Å². The van der Waals surface area contributed by atoms with Crippen LogP contribution in [-0.2, 0) is 6.54 Å². The van der Waals surface area contributed by atoms with Gasteiger partial charge in [0.2, 0.25) is 0 Å². The first-order chi connectivity index (χ1) is 11.3. The first kappa shape index (κ1) is 17.0. The fourth-order valence-corrected chi connectivity index (χ4v) is 4.71. The second kappa shape index (κ2) is 8.84. The van der Waals surface area contributed by atoms with E-state index in [1.807, 2.05) is 0 Å². The number of rotatable bonds is 3. The Morgan fingerprint density at radius 1 is 1.09 bits per heavy atom. The smallest absolute Gasteiger partial charge is 0.104 e. The fourth-order valence-electron chi connectivity index (χ4n) is 3.85.